The highest BCUT2D eigenvalue weighted by atomic mass is 19.2. The average Bonchev–Trinajstić information content (AvgIpc) is 2.90. The lowest BCUT2D eigenvalue weighted by atomic mass is 9.63. The lowest BCUT2D eigenvalue weighted by Crippen LogP contribution is -2.30. The van der Waals surface area contributed by atoms with Crippen LogP contribution in [0.5, 0.6) is 11.5 Å². The molecule has 0 N–H and O–H groups in total. The van der Waals surface area contributed by atoms with Gasteiger partial charge in [0.05, 0.1) is 5.56 Å². The van der Waals surface area contributed by atoms with E-state index in [1.54, 1.807) is 12.2 Å². The molecule has 0 aliphatic heterocycles. The number of rotatable bonds is 9. The Kier molecular flexibility index (Phi) is 9.12. The van der Waals surface area contributed by atoms with E-state index in [1.807, 2.05) is 13.0 Å². The molecule has 4 rings (SSSR count). The summed E-state index contributed by atoms with van der Waals surface area (Å²) in [7, 11) is 0. The summed E-state index contributed by atoms with van der Waals surface area (Å²) in [4.78, 5) is 12.6. The van der Waals surface area contributed by atoms with Gasteiger partial charge in [0.2, 0.25) is 0 Å². The van der Waals surface area contributed by atoms with Gasteiger partial charge in [-0.3, -0.25) is 0 Å². The lowest BCUT2D eigenvalue weighted by Gasteiger charge is -2.42. The molecule has 0 heterocycles. The lowest BCUT2D eigenvalue weighted by molar-refractivity contribution is 0.0721. The van der Waals surface area contributed by atoms with Crippen molar-refractivity contribution in [1.82, 2.24) is 0 Å². The Morgan fingerprint density at radius 1 is 1.03 bits per heavy atom. The molecule has 0 bridgehead atoms. The standard InChI is InChI=1S/C31H35F3O3/c1-3-5-7-20-8-9-22-18-23(11-10-21(22)17-20)25-13-14-26(30(34)29(25)33)31(35)37-28-15-12-24(19-27(28)32)36-16-6-4-2/h3-4,6,12-15,19-23H,1,5,7-11,16-18H2,2H3/b6-4+. The van der Waals surface area contributed by atoms with Crippen molar-refractivity contribution in [2.75, 3.05) is 6.61 Å². The number of esters is 1. The van der Waals surface area contributed by atoms with E-state index in [-0.39, 0.29) is 24.0 Å². The van der Waals surface area contributed by atoms with Gasteiger partial charge in [-0.05, 0) is 99.3 Å². The summed E-state index contributed by atoms with van der Waals surface area (Å²) < 4.78 is 55.0. The molecule has 0 radical (unpaired) electrons. The summed E-state index contributed by atoms with van der Waals surface area (Å²) in [6.07, 6.45) is 14.0. The highest BCUT2D eigenvalue weighted by molar-refractivity contribution is 5.91. The summed E-state index contributed by atoms with van der Waals surface area (Å²) in [5, 5.41) is 0. The molecule has 0 aromatic heterocycles. The quantitative estimate of drug-likeness (QED) is 0.192. The molecule has 0 spiro atoms. The molecule has 37 heavy (non-hydrogen) atoms. The van der Waals surface area contributed by atoms with Crippen LogP contribution in [0.4, 0.5) is 13.2 Å². The van der Waals surface area contributed by atoms with Crippen molar-refractivity contribution in [3.8, 4) is 11.5 Å². The van der Waals surface area contributed by atoms with Gasteiger partial charge >= 0.3 is 5.97 Å². The minimum absolute atomic E-state index is 0.0712. The fourth-order valence-electron chi connectivity index (χ4n) is 5.97. The maximum atomic E-state index is 15.2. The zero-order chi connectivity index (χ0) is 26.4. The van der Waals surface area contributed by atoms with Gasteiger partial charge < -0.3 is 9.47 Å². The van der Waals surface area contributed by atoms with Gasteiger partial charge in [0.15, 0.2) is 23.2 Å². The predicted molar refractivity (Wildman–Crippen MR) is 138 cm³/mol. The van der Waals surface area contributed by atoms with Crippen molar-refractivity contribution >= 4 is 5.97 Å². The van der Waals surface area contributed by atoms with Gasteiger partial charge in [-0.15, -0.1) is 6.58 Å². The molecular formula is C31H35F3O3. The molecule has 3 nitrogen and oxygen atoms in total. The second-order valence-electron chi connectivity index (χ2n) is 10.3. The summed E-state index contributed by atoms with van der Waals surface area (Å²) >= 11 is 0. The van der Waals surface area contributed by atoms with Crippen molar-refractivity contribution in [1.29, 1.82) is 0 Å². The Bertz CT molecular complexity index is 1140. The second-order valence-corrected chi connectivity index (χ2v) is 10.3. The third kappa shape index (κ3) is 6.46. The normalized spacial score (nSPS) is 23.5. The number of allylic oxidation sites excluding steroid dienone is 2. The largest absolute Gasteiger partial charge is 0.489 e. The summed E-state index contributed by atoms with van der Waals surface area (Å²) in [6.45, 7) is 5.93. The van der Waals surface area contributed by atoms with Crippen molar-refractivity contribution in [2.24, 2.45) is 17.8 Å². The number of hydrogen-bond acceptors (Lipinski definition) is 3. The van der Waals surface area contributed by atoms with Crippen LogP contribution in [-0.4, -0.2) is 12.6 Å². The van der Waals surface area contributed by atoms with Crippen molar-refractivity contribution < 1.29 is 27.4 Å². The molecule has 198 valence electrons. The van der Waals surface area contributed by atoms with E-state index in [1.165, 1.54) is 43.5 Å². The highest BCUT2D eigenvalue weighted by Gasteiger charge is 2.37. The van der Waals surface area contributed by atoms with Crippen LogP contribution >= 0.6 is 0 Å². The molecule has 2 aliphatic rings. The molecule has 4 unspecified atom stereocenters. The van der Waals surface area contributed by atoms with Crippen LogP contribution in [0.15, 0.2) is 55.1 Å². The van der Waals surface area contributed by atoms with Crippen LogP contribution in [-0.2, 0) is 0 Å². The Morgan fingerprint density at radius 2 is 1.81 bits per heavy atom. The topological polar surface area (TPSA) is 35.5 Å². The molecule has 2 aromatic carbocycles. The molecule has 2 saturated carbocycles. The van der Waals surface area contributed by atoms with Crippen LogP contribution < -0.4 is 9.47 Å². The first-order valence-electron chi connectivity index (χ1n) is 13.3. The Balaban J connectivity index is 1.40. The maximum absolute atomic E-state index is 15.2. The summed E-state index contributed by atoms with van der Waals surface area (Å²) in [6, 6.07) is 6.49. The minimum Gasteiger partial charge on any atom is -0.489 e. The van der Waals surface area contributed by atoms with E-state index in [0.717, 1.165) is 44.1 Å². The second kappa shape index (κ2) is 12.5. The van der Waals surface area contributed by atoms with Gasteiger partial charge in [0, 0.05) is 6.07 Å². The number of halogens is 3. The monoisotopic (exact) mass is 512 g/mol. The summed E-state index contributed by atoms with van der Waals surface area (Å²) in [5.74, 6) is -2.51. The first-order valence-corrected chi connectivity index (χ1v) is 13.3. The summed E-state index contributed by atoms with van der Waals surface area (Å²) in [5.41, 5.74) is -0.236. The van der Waals surface area contributed by atoms with E-state index < -0.39 is 29.0 Å². The number of fused-ring (bicyclic) bond motifs is 1. The minimum atomic E-state index is -1.25. The average molecular weight is 513 g/mol. The molecule has 4 atom stereocenters. The third-order valence-electron chi connectivity index (χ3n) is 7.96. The van der Waals surface area contributed by atoms with Crippen LogP contribution in [0.2, 0.25) is 0 Å². The van der Waals surface area contributed by atoms with Crippen molar-refractivity contribution in [3.63, 3.8) is 0 Å². The van der Waals surface area contributed by atoms with Gasteiger partial charge in [0.1, 0.15) is 12.4 Å². The van der Waals surface area contributed by atoms with Crippen LogP contribution in [0, 0.1) is 35.2 Å². The van der Waals surface area contributed by atoms with E-state index in [4.69, 9.17) is 9.47 Å². The first kappa shape index (κ1) is 27.0. The maximum Gasteiger partial charge on any atom is 0.346 e. The van der Waals surface area contributed by atoms with E-state index in [0.29, 0.717) is 17.4 Å². The Labute approximate surface area is 217 Å². The SMILES string of the molecule is C=CCCC1CCC2CC(c3ccc(C(=O)Oc4ccc(OC/C=C/C)cc4F)c(F)c3F)CCC2C1. The van der Waals surface area contributed by atoms with Crippen molar-refractivity contribution in [3.05, 3.63) is 83.7 Å². The van der Waals surface area contributed by atoms with Crippen LogP contribution in [0.1, 0.15) is 80.1 Å². The zero-order valence-corrected chi connectivity index (χ0v) is 21.4. The van der Waals surface area contributed by atoms with Gasteiger partial charge in [-0.25, -0.2) is 18.0 Å². The van der Waals surface area contributed by atoms with Crippen LogP contribution in [0.25, 0.3) is 0 Å². The van der Waals surface area contributed by atoms with Crippen molar-refractivity contribution in [2.45, 2.75) is 64.2 Å². The van der Waals surface area contributed by atoms with Gasteiger partial charge in [-0.1, -0.05) is 30.7 Å². The smallest absolute Gasteiger partial charge is 0.346 e. The fraction of sp³-hybridized carbons (Fsp3) is 0.452. The number of ether oxygens (including phenoxy) is 2. The number of carbonyl (C=O) groups excluding carboxylic acids is 1. The van der Waals surface area contributed by atoms with E-state index >= 15 is 8.78 Å². The number of hydrogen-bond donors (Lipinski definition) is 0. The highest BCUT2D eigenvalue weighted by Crippen LogP contribution is 2.49. The number of benzene rings is 2. The molecule has 2 aliphatic carbocycles. The van der Waals surface area contributed by atoms with Gasteiger partial charge in [0.25, 0.3) is 0 Å². The van der Waals surface area contributed by atoms with E-state index in [2.05, 4.69) is 6.58 Å². The molecule has 2 fully saturated rings. The number of carbonyl (C=O) groups is 1. The van der Waals surface area contributed by atoms with Crippen LogP contribution in [0.3, 0.4) is 0 Å². The molecular weight excluding hydrogens is 477 g/mol. The molecule has 6 heteroatoms. The molecule has 0 saturated heterocycles. The molecule has 2 aromatic rings. The van der Waals surface area contributed by atoms with Gasteiger partial charge in [-0.2, -0.15) is 0 Å². The zero-order valence-electron chi connectivity index (χ0n) is 21.4. The van der Waals surface area contributed by atoms with E-state index in [9.17, 15) is 9.18 Å². The molecule has 0 amide bonds. The Hall–Kier alpha value is -3.02. The Morgan fingerprint density at radius 3 is 2.57 bits per heavy atom. The fourth-order valence-corrected chi connectivity index (χ4v) is 5.97. The predicted octanol–water partition coefficient (Wildman–Crippen LogP) is 8.54. The first-order chi connectivity index (χ1) is 17.9. The third-order valence-corrected chi connectivity index (χ3v) is 7.96.